The molecule has 3 aromatic rings. The molecule has 2 aromatic carbocycles. The number of carbonyl (C=O) groups excluding carboxylic acids is 1. The highest BCUT2D eigenvalue weighted by Crippen LogP contribution is 2.31. The molecule has 0 unspecified atom stereocenters. The van der Waals surface area contributed by atoms with Crippen LogP contribution in [0, 0.1) is 6.92 Å². The van der Waals surface area contributed by atoms with Gasteiger partial charge >= 0.3 is 5.97 Å². The summed E-state index contributed by atoms with van der Waals surface area (Å²) >= 11 is 1.69. The molecule has 0 aliphatic carbocycles. The van der Waals surface area contributed by atoms with Crippen LogP contribution in [0.5, 0.6) is 0 Å². The van der Waals surface area contributed by atoms with Gasteiger partial charge < -0.3 is 10.1 Å². The third-order valence-electron chi connectivity index (χ3n) is 3.95. The van der Waals surface area contributed by atoms with Crippen molar-refractivity contribution in [2.24, 2.45) is 0 Å². The van der Waals surface area contributed by atoms with E-state index in [0.717, 1.165) is 27.8 Å². The van der Waals surface area contributed by atoms with Gasteiger partial charge in [0.15, 0.2) is 0 Å². The van der Waals surface area contributed by atoms with Gasteiger partial charge in [-0.25, -0.2) is 4.79 Å². The number of esters is 1. The standard InChI is InChI=1S/C20H20N2O2S.ClH/c1-4-24-20(23)17-12-21-18-13(2)6-5-7-16(18)19(17)22-14-8-10-15(25-3)11-9-14;/h5-12H,4H2,1-3H3,(H,21,22);1H. The van der Waals surface area contributed by atoms with Crippen LogP contribution in [0.4, 0.5) is 11.4 Å². The van der Waals surface area contributed by atoms with E-state index in [1.165, 1.54) is 4.90 Å². The molecule has 1 aromatic heterocycles. The number of nitrogens with one attached hydrogen (secondary N) is 1. The number of thioether (sulfide) groups is 1. The molecule has 0 fully saturated rings. The van der Waals surface area contributed by atoms with Crippen molar-refractivity contribution >= 4 is 52.4 Å². The third-order valence-corrected chi connectivity index (χ3v) is 4.70. The van der Waals surface area contributed by atoms with Gasteiger partial charge in [-0.3, -0.25) is 4.98 Å². The molecule has 6 heteroatoms. The predicted molar refractivity (Wildman–Crippen MR) is 111 cm³/mol. The number of fused-ring (bicyclic) bond motifs is 1. The number of aromatic nitrogens is 1. The number of benzene rings is 2. The highest BCUT2D eigenvalue weighted by Gasteiger charge is 2.17. The molecule has 3 rings (SSSR count). The molecule has 1 heterocycles. The first kappa shape index (κ1) is 20.1. The minimum atomic E-state index is -0.373. The number of nitrogens with zero attached hydrogens (tertiary/aromatic N) is 1. The number of rotatable bonds is 5. The number of para-hydroxylation sites is 1. The molecule has 136 valence electrons. The lowest BCUT2D eigenvalue weighted by atomic mass is 10.1. The lowest BCUT2D eigenvalue weighted by Crippen LogP contribution is -2.09. The smallest absolute Gasteiger partial charge is 0.341 e. The van der Waals surface area contributed by atoms with Crippen LogP contribution in [-0.2, 0) is 4.74 Å². The van der Waals surface area contributed by atoms with Gasteiger partial charge in [-0.15, -0.1) is 24.2 Å². The first-order chi connectivity index (χ1) is 12.1. The number of anilines is 2. The van der Waals surface area contributed by atoms with Crippen molar-refractivity contribution in [2.45, 2.75) is 18.7 Å². The molecule has 0 aliphatic heterocycles. The third kappa shape index (κ3) is 4.11. The Balaban J connectivity index is 0.00000243. The Bertz CT molecular complexity index is 914. The van der Waals surface area contributed by atoms with Crippen LogP contribution in [0.2, 0.25) is 0 Å². The van der Waals surface area contributed by atoms with E-state index in [2.05, 4.69) is 10.3 Å². The van der Waals surface area contributed by atoms with Gasteiger partial charge in [0.25, 0.3) is 0 Å². The summed E-state index contributed by atoms with van der Waals surface area (Å²) in [5, 5.41) is 4.29. The minimum absolute atomic E-state index is 0. The Labute approximate surface area is 163 Å². The van der Waals surface area contributed by atoms with Gasteiger partial charge in [0.05, 0.1) is 17.8 Å². The second-order valence-corrected chi connectivity index (χ2v) is 6.47. The topological polar surface area (TPSA) is 51.2 Å². The van der Waals surface area contributed by atoms with Crippen molar-refractivity contribution < 1.29 is 9.53 Å². The summed E-state index contributed by atoms with van der Waals surface area (Å²) < 4.78 is 5.20. The van der Waals surface area contributed by atoms with Gasteiger partial charge in [-0.05, 0) is 49.9 Å². The van der Waals surface area contributed by atoms with E-state index in [1.54, 1.807) is 24.9 Å². The molecule has 4 nitrogen and oxygen atoms in total. The lowest BCUT2D eigenvalue weighted by Gasteiger charge is -2.15. The van der Waals surface area contributed by atoms with Gasteiger partial charge in [0, 0.05) is 22.2 Å². The molecule has 0 radical (unpaired) electrons. The minimum Gasteiger partial charge on any atom is -0.462 e. The van der Waals surface area contributed by atoms with Crippen LogP contribution in [-0.4, -0.2) is 23.8 Å². The van der Waals surface area contributed by atoms with Gasteiger partial charge in [0.2, 0.25) is 0 Å². The van der Waals surface area contributed by atoms with Crippen molar-refractivity contribution in [3.63, 3.8) is 0 Å². The van der Waals surface area contributed by atoms with Crippen molar-refractivity contribution in [1.29, 1.82) is 0 Å². The number of aryl methyl sites for hydroxylation is 1. The summed E-state index contributed by atoms with van der Waals surface area (Å²) in [6, 6.07) is 14.0. The summed E-state index contributed by atoms with van der Waals surface area (Å²) in [4.78, 5) is 18.0. The summed E-state index contributed by atoms with van der Waals surface area (Å²) in [7, 11) is 0. The van der Waals surface area contributed by atoms with Crippen LogP contribution in [0.1, 0.15) is 22.8 Å². The molecule has 1 N–H and O–H groups in total. The monoisotopic (exact) mass is 388 g/mol. The molecule has 0 aliphatic rings. The number of ether oxygens (including phenoxy) is 1. The Morgan fingerprint density at radius 1 is 1.19 bits per heavy atom. The molecule has 0 saturated heterocycles. The number of pyridine rings is 1. The summed E-state index contributed by atoms with van der Waals surface area (Å²) in [5.41, 5.74) is 4.02. The maximum absolute atomic E-state index is 12.4. The van der Waals surface area contributed by atoms with E-state index in [0.29, 0.717) is 12.2 Å². The molecule has 0 saturated carbocycles. The van der Waals surface area contributed by atoms with Crippen molar-refractivity contribution in [2.75, 3.05) is 18.2 Å². The quantitative estimate of drug-likeness (QED) is 0.455. The fourth-order valence-electron chi connectivity index (χ4n) is 2.69. The number of hydrogen-bond acceptors (Lipinski definition) is 5. The van der Waals surface area contributed by atoms with Crippen molar-refractivity contribution in [3.8, 4) is 0 Å². The Morgan fingerprint density at radius 3 is 2.58 bits per heavy atom. The first-order valence-electron chi connectivity index (χ1n) is 8.10. The summed E-state index contributed by atoms with van der Waals surface area (Å²) in [6.07, 6.45) is 3.63. The zero-order chi connectivity index (χ0) is 17.8. The summed E-state index contributed by atoms with van der Waals surface area (Å²) in [6.45, 7) is 4.13. The van der Waals surface area contributed by atoms with Crippen molar-refractivity contribution in [3.05, 3.63) is 59.8 Å². The zero-order valence-electron chi connectivity index (χ0n) is 14.9. The zero-order valence-corrected chi connectivity index (χ0v) is 16.5. The Morgan fingerprint density at radius 2 is 1.92 bits per heavy atom. The first-order valence-corrected chi connectivity index (χ1v) is 9.33. The van der Waals surface area contributed by atoms with Crippen molar-refractivity contribution in [1.82, 2.24) is 4.98 Å². The number of halogens is 1. The fourth-order valence-corrected chi connectivity index (χ4v) is 3.10. The Hall–Kier alpha value is -2.24. The van der Waals surface area contributed by atoms with Gasteiger partial charge in [0.1, 0.15) is 5.56 Å². The second kappa shape index (κ2) is 8.92. The van der Waals surface area contributed by atoms with E-state index >= 15 is 0 Å². The van der Waals surface area contributed by atoms with E-state index in [-0.39, 0.29) is 18.4 Å². The fraction of sp³-hybridized carbons (Fsp3) is 0.200. The van der Waals surface area contributed by atoms with Gasteiger partial charge in [-0.2, -0.15) is 0 Å². The number of hydrogen-bond donors (Lipinski definition) is 1. The highest BCUT2D eigenvalue weighted by molar-refractivity contribution is 7.98. The van der Waals surface area contributed by atoms with Crippen LogP contribution in [0.25, 0.3) is 10.9 Å². The average Bonchev–Trinajstić information content (AvgIpc) is 2.63. The molecular formula is C20H21ClN2O2S. The average molecular weight is 389 g/mol. The van der Waals surface area contributed by atoms with E-state index < -0.39 is 0 Å². The van der Waals surface area contributed by atoms with Crippen LogP contribution >= 0.6 is 24.2 Å². The summed E-state index contributed by atoms with van der Waals surface area (Å²) in [5.74, 6) is -0.373. The maximum Gasteiger partial charge on any atom is 0.341 e. The normalized spacial score (nSPS) is 10.3. The Kier molecular flexibility index (Phi) is 6.89. The van der Waals surface area contributed by atoms with E-state index in [9.17, 15) is 4.79 Å². The van der Waals surface area contributed by atoms with Crippen LogP contribution < -0.4 is 5.32 Å². The predicted octanol–water partition coefficient (Wildman–Crippen LogP) is 5.61. The van der Waals surface area contributed by atoms with Crippen LogP contribution in [0.15, 0.2) is 53.6 Å². The molecule has 0 bridgehead atoms. The van der Waals surface area contributed by atoms with E-state index in [1.807, 2.05) is 55.6 Å². The van der Waals surface area contributed by atoms with Crippen LogP contribution in [0.3, 0.4) is 0 Å². The van der Waals surface area contributed by atoms with E-state index in [4.69, 9.17) is 4.74 Å². The maximum atomic E-state index is 12.4. The highest BCUT2D eigenvalue weighted by atomic mass is 35.5. The molecule has 0 spiro atoms. The molecule has 0 amide bonds. The SMILES string of the molecule is CCOC(=O)c1cnc2c(C)cccc2c1Nc1ccc(SC)cc1.Cl. The van der Waals surface area contributed by atoms with Gasteiger partial charge in [-0.1, -0.05) is 18.2 Å². The largest absolute Gasteiger partial charge is 0.462 e. The second-order valence-electron chi connectivity index (χ2n) is 5.59. The molecule has 26 heavy (non-hydrogen) atoms. The number of carbonyl (C=O) groups is 1. The molecular weight excluding hydrogens is 368 g/mol. The molecule has 0 atom stereocenters. The lowest BCUT2D eigenvalue weighted by molar-refractivity contribution is 0.0527.